The molecular weight excluding hydrogens is 374 g/mol. The third-order valence-corrected chi connectivity index (χ3v) is 6.52. The van der Waals surface area contributed by atoms with E-state index in [1.165, 1.54) is 17.8 Å². The minimum Gasteiger partial charge on any atom is -0.494 e. The molecular formula is C18H22ClN3O3S. The summed E-state index contributed by atoms with van der Waals surface area (Å²) in [5.74, 6) is 0.812. The number of piperidine rings is 1. The average molecular weight is 396 g/mol. The molecule has 1 unspecified atom stereocenters. The van der Waals surface area contributed by atoms with Gasteiger partial charge < -0.3 is 19.3 Å². The van der Waals surface area contributed by atoms with E-state index in [2.05, 4.69) is 4.90 Å². The Balaban J connectivity index is 1.55. The van der Waals surface area contributed by atoms with E-state index in [1.807, 2.05) is 17.0 Å². The Morgan fingerprint density at radius 1 is 1.31 bits per heavy atom. The summed E-state index contributed by atoms with van der Waals surface area (Å²) in [5.41, 5.74) is 0.769. The molecule has 4 rings (SSSR count). The van der Waals surface area contributed by atoms with Crippen LogP contribution in [0.2, 0.25) is 5.02 Å². The summed E-state index contributed by atoms with van der Waals surface area (Å²) in [6, 6.07) is 3.66. The Labute approximate surface area is 161 Å². The maximum Gasteiger partial charge on any atom is 0.253 e. The van der Waals surface area contributed by atoms with E-state index in [-0.39, 0.29) is 5.91 Å². The third-order valence-electron chi connectivity index (χ3n) is 4.95. The fourth-order valence-corrected chi connectivity index (χ4v) is 4.82. The lowest BCUT2D eigenvalue weighted by Gasteiger charge is -2.36. The highest BCUT2D eigenvalue weighted by Gasteiger charge is 2.32. The Bertz CT molecular complexity index is 806. The van der Waals surface area contributed by atoms with E-state index < -0.39 is 6.10 Å². The van der Waals surface area contributed by atoms with E-state index in [9.17, 15) is 4.79 Å². The number of likely N-dealkylation sites (tertiary alicyclic amines) is 1. The molecule has 2 saturated heterocycles. The molecule has 2 aromatic rings. The number of aromatic nitrogens is 1. The highest BCUT2D eigenvalue weighted by Crippen LogP contribution is 2.39. The number of halogens is 1. The normalized spacial score (nSPS) is 21.2. The molecule has 0 aliphatic carbocycles. The highest BCUT2D eigenvalue weighted by molar-refractivity contribution is 7.22. The monoisotopic (exact) mass is 395 g/mol. The molecule has 1 atom stereocenters. The van der Waals surface area contributed by atoms with Gasteiger partial charge in [-0.1, -0.05) is 22.9 Å². The first-order valence-electron chi connectivity index (χ1n) is 8.96. The van der Waals surface area contributed by atoms with Gasteiger partial charge in [-0.05, 0) is 31.4 Å². The number of amides is 1. The molecule has 140 valence electrons. The summed E-state index contributed by atoms with van der Waals surface area (Å²) in [6.07, 6.45) is 2.94. The van der Waals surface area contributed by atoms with Gasteiger partial charge in [0.2, 0.25) is 0 Å². The molecule has 2 aliphatic heterocycles. The van der Waals surface area contributed by atoms with Crippen LogP contribution in [0.25, 0.3) is 10.2 Å². The van der Waals surface area contributed by atoms with Crippen molar-refractivity contribution in [3.8, 4) is 5.75 Å². The number of rotatable bonds is 3. The van der Waals surface area contributed by atoms with Crippen molar-refractivity contribution in [2.24, 2.45) is 0 Å². The molecule has 0 bridgehead atoms. The fourth-order valence-electron chi connectivity index (χ4n) is 3.53. The van der Waals surface area contributed by atoms with Gasteiger partial charge in [-0.3, -0.25) is 4.79 Å². The molecule has 2 aliphatic rings. The third kappa shape index (κ3) is 3.35. The second-order valence-electron chi connectivity index (χ2n) is 6.62. The zero-order chi connectivity index (χ0) is 18.1. The number of hydrogen-bond acceptors (Lipinski definition) is 6. The molecule has 2 fully saturated rings. The van der Waals surface area contributed by atoms with Crippen LogP contribution in [0, 0.1) is 0 Å². The van der Waals surface area contributed by atoms with Crippen LogP contribution < -0.4 is 9.64 Å². The molecule has 1 amide bonds. The predicted octanol–water partition coefficient (Wildman–Crippen LogP) is 3.18. The summed E-state index contributed by atoms with van der Waals surface area (Å²) in [6.45, 7) is 3.43. The number of carbonyl (C=O) groups is 1. The number of nitrogens with zero attached hydrogens (tertiary/aromatic N) is 3. The van der Waals surface area contributed by atoms with Crippen molar-refractivity contribution in [1.82, 2.24) is 9.88 Å². The summed E-state index contributed by atoms with van der Waals surface area (Å²) in [7, 11) is 1.63. The van der Waals surface area contributed by atoms with E-state index in [0.717, 1.165) is 41.3 Å². The van der Waals surface area contributed by atoms with E-state index in [4.69, 9.17) is 26.1 Å². The molecule has 6 nitrogen and oxygen atoms in total. The Hall–Kier alpha value is -1.57. The Morgan fingerprint density at radius 2 is 2.12 bits per heavy atom. The molecule has 0 radical (unpaired) electrons. The minimum absolute atomic E-state index is 0.103. The van der Waals surface area contributed by atoms with E-state index in [1.54, 1.807) is 7.11 Å². The molecule has 26 heavy (non-hydrogen) atoms. The largest absolute Gasteiger partial charge is 0.494 e. The second-order valence-corrected chi connectivity index (χ2v) is 8.00. The maximum absolute atomic E-state index is 12.8. The van der Waals surface area contributed by atoms with Crippen LogP contribution in [0.1, 0.15) is 19.3 Å². The van der Waals surface area contributed by atoms with Crippen LogP contribution in [0.4, 0.5) is 5.13 Å². The van der Waals surface area contributed by atoms with E-state index in [0.29, 0.717) is 30.5 Å². The average Bonchev–Trinajstić information content (AvgIpc) is 3.15. The summed E-state index contributed by atoms with van der Waals surface area (Å²) < 4.78 is 12.1. The Kier molecular flexibility index (Phi) is 5.20. The molecule has 0 saturated carbocycles. The van der Waals surface area contributed by atoms with E-state index >= 15 is 0 Å². The first-order valence-corrected chi connectivity index (χ1v) is 10.1. The van der Waals surface area contributed by atoms with Gasteiger partial charge in [0, 0.05) is 19.6 Å². The van der Waals surface area contributed by atoms with Crippen LogP contribution in [-0.4, -0.2) is 61.8 Å². The summed E-state index contributed by atoms with van der Waals surface area (Å²) in [5, 5.41) is 1.52. The van der Waals surface area contributed by atoms with Crippen LogP contribution in [0.5, 0.6) is 5.75 Å². The van der Waals surface area contributed by atoms with Crippen molar-refractivity contribution in [2.45, 2.75) is 25.4 Å². The lowest BCUT2D eigenvalue weighted by atomic mass is 10.1. The van der Waals surface area contributed by atoms with Gasteiger partial charge in [0.25, 0.3) is 5.91 Å². The topological polar surface area (TPSA) is 54.9 Å². The number of carbonyl (C=O) groups excluding carboxylic acids is 1. The maximum atomic E-state index is 12.8. The van der Waals surface area contributed by atoms with Crippen molar-refractivity contribution in [3.05, 3.63) is 17.2 Å². The fraction of sp³-hybridized carbons (Fsp3) is 0.556. The van der Waals surface area contributed by atoms with Gasteiger partial charge in [-0.25, -0.2) is 4.98 Å². The second kappa shape index (κ2) is 7.58. The lowest BCUT2D eigenvalue weighted by Crippen LogP contribution is -2.52. The zero-order valence-electron chi connectivity index (χ0n) is 14.7. The number of ether oxygens (including phenoxy) is 2. The highest BCUT2D eigenvalue weighted by atomic mass is 35.5. The van der Waals surface area contributed by atoms with Crippen molar-refractivity contribution in [2.75, 3.05) is 44.8 Å². The van der Waals surface area contributed by atoms with Crippen LogP contribution >= 0.6 is 22.9 Å². The first kappa shape index (κ1) is 17.8. The molecule has 0 spiro atoms. The minimum atomic E-state index is -0.425. The summed E-state index contributed by atoms with van der Waals surface area (Å²) >= 11 is 7.86. The molecule has 3 heterocycles. The lowest BCUT2D eigenvalue weighted by molar-refractivity contribution is -0.145. The number of fused-ring (bicyclic) bond motifs is 1. The number of benzene rings is 1. The van der Waals surface area contributed by atoms with Gasteiger partial charge in [-0.2, -0.15) is 0 Å². The van der Waals surface area contributed by atoms with Gasteiger partial charge in [0.05, 0.1) is 30.0 Å². The Morgan fingerprint density at radius 3 is 2.88 bits per heavy atom. The SMILES string of the molecule is COc1ccc(Cl)c2sc(N3CCOC(C(=O)N4CCCCC4)C3)nc12. The number of methoxy groups -OCH3 is 1. The molecule has 1 aromatic heterocycles. The van der Waals surface area contributed by atoms with Gasteiger partial charge in [-0.15, -0.1) is 0 Å². The number of thiazole rings is 1. The zero-order valence-corrected chi connectivity index (χ0v) is 16.3. The number of hydrogen-bond donors (Lipinski definition) is 0. The van der Waals surface area contributed by atoms with Crippen molar-refractivity contribution in [3.63, 3.8) is 0 Å². The van der Waals surface area contributed by atoms with Crippen molar-refractivity contribution in [1.29, 1.82) is 0 Å². The van der Waals surface area contributed by atoms with Gasteiger partial charge >= 0.3 is 0 Å². The smallest absolute Gasteiger partial charge is 0.253 e. The standard InChI is InChI=1S/C18H22ClN3O3S/c1-24-13-6-5-12(19)16-15(13)20-18(26-16)22-9-10-25-14(11-22)17(23)21-7-3-2-4-8-21/h5-6,14H,2-4,7-11H2,1H3. The van der Waals surface area contributed by atoms with Crippen LogP contribution in [-0.2, 0) is 9.53 Å². The van der Waals surface area contributed by atoms with Gasteiger partial charge in [0.1, 0.15) is 11.3 Å². The number of anilines is 1. The molecule has 0 N–H and O–H groups in total. The van der Waals surface area contributed by atoms with Crippen molar-refractivity contribution < 1.29 is 14.3 Å². The van der Waals surface area contributed by atoms with Crippen molar-refractivity contribution >= 4 is 44.2 Å². The van der Waals surface area contributed by atoms with Crippen LogP contribution in [0.3, 0.4) is 0 Å². The first-order chi connectivity index (χ1) is 12.7. The van der Waals surface area contributed by atoms with Crippen LogP contribution in [0.15, 0.2) is 12.1 Å². The quantitative estimate of drug-likeness (QED) is 0.798. The van der Waals surface area contributed by atoms with Gasteiger partial charge in [0.15, 0.2) is 11.2 Å². The number of morpholine rings is 1. The summed E-state index contributed by atoms with van der Waals surface area (Å²) in [4.78, 5) is 21.6. The predicted molar refractivity (Wildman–Crippen MR) is 104 cm³/mol. The molecule has 1 aromatic carbocycles. The molecule has 8 heteroatoms.